The topological polar surface area (TPSA) is 67.2 Å². The minimum Gasteiger partial charge on any atom is -0.426 e. The first kappa shape index (κ1) is 23.2. The van der Waals surface area contributed by atoms with Crippen molar-refractivity contribution in [2.24, 2.45) is 0 Å². The molecule has 2 saturated heterocycles. The molecule has 0 unspecified atom stereocenters. The van der Waals surface area contributed by atoms with Crippen molar-refractivity contribution in [3.05, 3.63) is 36.3 Å². The Bertz CT molecular complexity index is 995. The molecule has 2 aliphatic heterocycles. The number of hydrogen-bond donors (Lipinski definition) is 0. The van der Waals surface area contributed by atoms with E-state index < -0.39 is 30.1 Å². The maximum atomic E-state index is 13.2. The van der Waals surface area contributed by atoms with Crippen LogP contribution in [0.5, 0.6) is 0 Å². The zero-order chi connectivity index (χ0) is 24.0. The van der Waals surface area contributed by atoms with Crippen LogP contribution in [-0.4, -0.2) is 74.8 Å². The Hall–Kier alpha value is -2.99. The van der Waals surface area contributed by atoms with Crippen molar-refractivity contribution in [2.75, 3.05) is 19.6 Å². The van der Waals surface area contributed by atoms with Crippen LogP contribution in [0.4, 0.5) is 31.1 Å². The first-order valence-corrected chi connectivity index (χ1v) is 10.3. The van der Waals surface area contributed by atoms with Crippen molar-refractivity contribution in [2.45, 2.75) is 49.7 Å². The van der Waals surface area contributed by atoms with E-state index in [2.05, 4.69) is 9.72 Å². The number of imidazole rings is 1. The van der Waals surface area contributed by atoms with Gasteiger partial charge < -0.3 is 18.9 Å². The van der Waals surface area contributed by atoms with E-state index in [1.165, 1.54) is 0 Å². The summed E-state index contributed by atoms with van der Waals surface area (Å²) in [6, 6.07) is 5.32. The van der Waals surface area contributed by atoms with Crippen molar-refractivity contribution >= 4 is 17.6 Å². The average molecular weight is 478 g/mol. The molecule has 1 spiro atoms. The van der Waals surface area contributed by atoms with Gasteiger partial charge in [0.25, 0.3) is 12.0 Å². The Morgan fingerprint density at radius 3 is 2.27 bits per heavy atom. The fraction of sp³-hybridized carbons (Fsp3) is 0.550. The van der Waals surface area contributed by atoms with Gasteiger partial charge in [-0.05, 0) is 37.8 Å². The third-order valence-electron chi connectivity index (χ3n) is 6.19. The molecule has 2 fully saturated rings. The number of nitrogens with zero attached hydrogens (tertiary/aromatic N) is 4. The summed E-state index contributed by atoms with van der Waals surface area (Å²) in [6.45, 7) is 0.188. The molecule has 2 aromatic rings. The zero-order valence-corrected chi connectivity index (χ0v) is 17.2. The number of halogens is 6. The molecule has 13 heteroatoms. The lowest BCUT2D eigenvalue weighted by Gasteiger charge is -2.44. The standard InChI is InChI=1S/C20H20F6N4O3/c21-19(22,23)16(20(24,25)26)33-17(32)28-10-6-18(7-11-28)5-3-9-30(18)15(31)13-12-29-8-2-1-4-14(29)27-13/h1-2,4,8,12,16H,3,5-7,9-11H2. The molecule has 4 heterocycles. The molecule has 0 atom stereocenters. The lowest BCUT2D eigenvalue weighted by Crippen LogP contribution is -2.56. The van der Waals surface area contributed by atoms with E-state index in [4.69, 9.17) is 0 Å². The summed E-state index contributed by atoms with van der Waals surface area (Å²) < 4.78 is 81.7. The third kappa shape index (κ3) is 4.44. The Labute approximate surface area is 183 Å². The predicted octanol–water partition coefficient (Wildman–Crippen LogP) is 4.03. The van der Waals surface area contributed by atoms with Gasteiger partial charge in [0.15, 0.2) is 0 Å². The molecule has 0 aromatic carbocycles. The predicted molar refractivity (Wildman–Crippen MR) is 101 cm³/mol. The molecule has 0 radical (unpaired) electrons. The number of amides is 2. The van der Waals surface area contributed by atoms with Gasteiger partial charge in [0, 0.05) is 37.6 Å². The number of alkyl halides is 6. The van der Waals surface area contributed by atoms with Crippen LogP contribution in [0.3, 0.4) is 0 Å². The second-order valence-electron chi connectivity index (χ2n) is 8.21. The number of pyridine rings is 1. The lowest BCUT2D eigenvalue weighted by atomic mass is 9.85. The van der Waals surface area contributed by atoms with E-state index in [-0.39, 0.29) is 37.5 Å². The fourth-order valence-corrected chi connectivity index (χ4v) is 4.55. The van der Waals surface area contributed by atoms with Gasteiger partial charge in [0.1, 0.15) is 11.3 Å². The molecule has 0 saturated carbocycles. The van der Waals surface area contributed by atoms with Crippen molar-refractivity contribution in [3.63, 3.8) is 0 Å². The normalized spacial score (nSPS) is 19.0. The van der Waals surface area contributed by atoms with Crippen LogP contribution in [0.15, 0.2) is 30.6 Å². The van der Waals surface area contributed by atoms with E-state index in [1.807, 2.05) is 0 Å². The number of carbonyl (C=O) groups excluding carboxylic acids is 2. The average Bonchev–Trinajstić information content (AvgIpc) is 3.34. The number of hydrogen-bond acceptors (Lipinski definition) is 4. The molecular weight excluding hydrogens is 458 g/mol. The number of likely N-dealkylation sites (tertiary alicyclic amines) is 2. The summed E-state index contributed by atoms with van der Waals surface area (Å²) in [4.78, 5) is 32.0. The van der Waals surface area contributed by atoms with Crippen molar-refractivity contribution in [1.29, 1.82) is 0 Å². The summed E-state index contributed by atoms with van der Waals surface area (Å²) in [5, 5.41) is 0. The molecule has 33 heavy (non-hydrogen) atoms. The molecule has 2 aliphatic rings. The minimum absolute atomic E-state index is 0.129. The number of rotatable bonds is 2. The van der Waals surface area contributed by atoms with Crippen molar-refractivity contribution in [3.8, 4) is 0 Å². The second-order valence-corrected chi connectivity index (χ2v) is 8.21. The van der Waals surface area contributed by atoms with E-state index in [0.29, 0.717) is 25.0 Å². The van der Waals surface area contributed by atoms with Gasteiger partial charge in [0.05, 0.1) is 0 Å². The molecular formula is C20H20F6N4O3. The van der Waals surface area contributed by atoms with E-state index in [1.54, 1.807) is 39.9 Å². The Balaban J connectivity index is 1.44. The largest absolute Gasteiger partial charge is 0.434 e. The molecule has 2 amide bonds. The van der Waals surface area contributed by atoms with Crippen molar-refractivity contribution in [1.82, 2.24) is 19.2 Å². The Morgan fingerprint density at radius 2 is 1.67 bits per heavy atom. The number of ether oxygens (including phenoxy) is 1. The van der Waals surface area contributed by atoms with Gasteiger partial charge in [-0.25, -0.2) is 9.78 Å². The van der Waals surface area contributed by atoms with Gasteiger partial charge in [0.2, 0.25) is 0 Å². The highest BCUT2D eigenvalue weighted by Crippen LogP contribution is 2.40. The molecule has 7 nitrogen and oxygen atoms in total. The summed E-state index contributed by atoms with van der Waals surface area (Å²) in [6.07, 6.45) is -12.3. The molecule has 0 bridgehead atoms. The number of aromatic nitrogens is 2. The fourth-order valence-electron chi connectivity index (χ4n) is 4.55. The molecule has 0 N–H and O–H groups in total. The molecule has 0 aliphatic carbocycles. The third-order valence-corrected chi connectivity index (χ3v) is 6.19. The SMILES string of the molecule is O=C(OC(C(F)(F)F)C(F)(F)F)N1CCC2(CCCN2C(=O)c2cn3ccccc3n2)CC1. The lowest BCUT2D eigenvalue weighted by molar-refractivity contribution is -0.308. The highest BCUT2D eigenvalue weighted by Gasteiger charge is 2.60. The van der Waals surface area contributed by atoms with Crippen LogP contribution in [0, 0.1) is 0 Å². The number of fused-ring (bicyclic) bond motifs is 1. The van der Waals surface area contributed by atoms with Gasteiger partial charge in [-0.2, -0.15) is 26.3 Å². The van der Waals surface area contributed by atoms with E-state index >= 15 is 0 Å². The number of piperidine rings is 1. The minimum atomic E-state index is -5.77. The summed E-state index contributed by atoms with van der Waals surface area (Å²) in [5.41, 5.74) is 0.190. The summed E-state index contributed by atoms with van der Waals surface area (Å²) in [5.74, 6) is -0.304. The maximum Gasteiger partial charge on any atom is 0.434 e. The van der Waals surface area contributed by atoms with Gasteiger partial charge in [-0.1, -0.05) is 6.07 Å². The summed E-state index contributed by atoms with van der Waals surface area (Å²) in [7, 11) is 0. The first-order valence-electron chi connectivity index (χ1n) is 10.3. The van der Waals surface area contributed by atoms with Crippen LogP contribution in [0.25, 0.3) is 5.65 Å². The van der Waals surface area contributed by atoms with Gasteiger partial charge in [-0.3, -0.25) is 4.79 Å². The number of carbonyl (C=O) groups is 2. The highest BCUT2D eigenvalue weighted by atomic mass is 19.4. The smallest absolute Gasteiger partial charge is 0.426 e. The van der Waals surface area contributed by atoms with Crippen LogP contribution >= 0.6 is 0 Å². The molecule has 2 aromatic heterocycles. The maximum absolute atomic E-state index is 13.2. The zero-order valence-electron chi connectivity index (χ0n) is 17.2. The Kier molecular flexibility index (Phi) is 5.69. The van der Waals surface area contributed by atoms with Crippen molar-refractivity contribution < 1.29 is 40.7 Å². The molecule has 180 valence electrons. The van der Waals surface area contributed by atoms with Gasteiger partial charge >= 0.3 is 18.4 Å². The molecule has 4 rings (SSSR count). The first-order chi connectivity index (χ1) is 15.4. The van der Waals surface area contributed by atoms with Crippen LogP contribution in [0.1, 0.15) is 36.2 Å². The summed E-state index contributed by atoms with van der Waals surface area (Å²) >= 11 is 0. The van der Waals surface area contributed by atoms with Gasteiger partial charge in [-0.15, -0.1) is 0 Å². The van der Waals surface area contributed by atoms with Crippen LogP contribution in [-0.2, 0) is 4.74 Å². The van der Waals surface area contributed by atoms with E-state index in [9.17, 15) is 35.9 Å². The van der Waals surface area contributed by atoms with Crippen LogP contribution in [0.2, 0.25) is 0 Å². The second kappa shape index (κ2) is 8.10. The highest BCUT2D eigenvalue weighted by molar-refractivity contribution is 5.93. The quantitative estimate of drug-likeness (QED) is 0.612. The van der Waals surface area contributed by atoms with E-state index in [0.717, 1.165) is 4.90 Å². The Morgan fingerprint density at radius 1 is 1.00 bits per heavy atom. The van der Waals surface area contributed by atoms with Crippen LogP contribution < -0.4 is 0 Å². The monoisotopic (exact) mass is 478 g/mol.